The fourth-order valence-electron chi connectivity index (χ4n) is 3.03. The Morgan fingerprint density at radius 3 is 1.46 bits per heavy atom. The highest BCUT2D eigenvalue weighted by atomic mass is 32.1. The zero-order valence-electron chi connectivity index (χ0n) is 13.3. The van der Waals surface area contributed by atoms with Crippen LogP contribution in [0.4, 0.5) is 0 Å². The van der Waals surface area contributed by atoms with Crippen molar-refractivity contribution in [1.29, 1.82) is 0 Å². The SMILES string of the molecule is c1ccc2sc(-c3nc4sc(-c5cc6ccccc6s5)nc4s3)cc2c1. The van der Waals surface area contributed by atoms with Gasteiger partial charge in [-0.3, -0.25) is 0 Å². The number of hydrogen-bond donors (Lipinski definition) is 0. The Hall–Kier alpha value is -2.12. The highest BCUT2D eigenvalue weighted by Crippen LogP contribution is 2.42. The molecule has 6 heteroatoms. The summed E-state index contributed by atoms with van der Waals surface area (Å²) in [6.07, 6.45) is 0. The maximum absolute atomic E-state index is 4.87. The number of thiophene rings is 2. The molecule has 124 valence electrons. The van der Waals surface area contributed by atoms with Gasteiger partial charge in [0, 0.05) is 9.40 Å². The van der Waals surface area contributed by atoms with Crippen LogP contribution in [0.15, 0.2) is 60.7 Å². The molecule has 0 aliphatic carbocycles. The number of hydrogen-bond acceptors (Lipinski definition) is 6. The predicted octanol–water partition coefficient (Wildman–Crippen LogP) is 7.52. The molecule has 0 radical (unpaired) electrons. The van der Waals surface area contributed by atoms with E-state index in [0.717, 1.165) is 19.7 Å². The third kappa shape index (κ3) is 2.34. The van der Waals surface area contributed by atoms with Gasteiger partial charge in [-0.25, -0.2) is 9.97 Å². The van der Waals surface area contributed by atoms with Crippen molar-refractivity contribution < 1.29 is 0 Å². The van der Waals surface area contributed by atoms with E-state index in [4.69, 9.17) is 9.97 Å². The molecule has 0 atom stereocenters. The normalized spacial score (nSPS) is 11.8. The molecule has 0 unspecified atom stereocenters. The highest BCUT2D eigenvalue weighted by Gasteiger charge is 2.16. The summed E-state index contributed by atoms with van der Waals surface area (Å²) in [5.41, 5.74) is 0. The molecule has 0 bridgehead atoms. The molecule has 0 saturated carbocycles. The van der Waals surface area contributed by atoms with Gasteiger partial charge in [-0.15, -0.1) is 22.7 Å². The van der Waals surface area contributed by atoms with E-state index in [9.17, 15) is 0 Å². The Labute approximate surface area is 165 Å². The van der Waals surface area contributed by atoms with Crippen LogP contribution in [0.3, 0.4) is 0 Å². The van der Waals surface area contributed by atoms with E-state index in [1.54, 1.807) is 45.3 Å². The van der Waals surface area contributed by atoms with Crippen molar-refractivity contribution in [3.8, 4) is 19.8 Å². The van der Waals surface area contributed by atoms with Crippen LogP contribution in [0.25, 0.3) is 49.6 Å². The summed E-state index contributed by atoms with van der Waals surface area (Å²) in [6, 6.07) is 21.4. The van der Waals surface area contributed by atoms with Gasteiger partial charge in [0.05, 0.1) is 9.75 Å². The van der Waals surface area contributed by atoms with E-state index < -0.39 is 0 Å². The van der Waals surface area contributed by atoms with Crippen molar-refractivity contribution in [2.24, 2.45) is 0 Å². The van der Waals surface area contributed by atoms with Crippen LogP contribution in [0, 0.1) is 0 Å². The average molecular weight is 407 g/mol. The van der Waals surface area contributed by atoms with E-state index in [1.807, 2.05) is 0 Å². The molecule has 6 rings (SSSR count). The van der Waals surface area contributed by atoms with Crippen LogP contribution in [-0.2, 0) is 0 Å². The summed E-state index contributed by atoms with van der Waals surface area (Å²) in [4.78, 5) is 14.3. The van der Waals surface area contributed by atoms with Crippen molar-refractivity contribution in [3.63, 3.8) is 0 Å². The van der Waals surface area contributed by atoms with Crippen LogP contribution in [-0.4, -0.2) is 9.97 Å². The maximum atomic E-state index is 4.87. The summed E-state index contributed by atoms with van der Waals surface area (Å²) in [5.74, 6) is 0. The maximum Gasteiger partial charge on any atom is 0.155 e. The molecule has 0 aliphatic heterocycles. The third-order valence-corrected chi connectivity index (χ3v) is 8.85. The van der Waals surface area contributed by atoms with Crippen molar-refractivity contribution in [2.45, 2.75) is 0 Å². The van der Waals surface area contributed by atoms with Crippen LogP contribution in [0.1, 0.15) is 0 Å². The first-order valence-corrected chi connectivity index (χ1v) is 11.4. The van der Waals surface area contributed by atoms with E-state index in [0.29, 0.717) is 0 Å². The second-order valence-corrected chi connectivity index (χ2v) is 10.1. The van der Waals surface area contributed by atoms with Crippen LogP contribution >= 0.6 is 45.3 Å². The zero-order valence-corrected chi connectivity index (χ0v) is 16.6. The second-order valence-electron chi connectivity index (χ2n) is 5.95. The molecule has 0 N–H and O–H groups in total. The van der Waals surface area contributed by atoms with Gasteiger partial charge in [0.25, 0.3) is 0 Å². The molecule has 6 aromatic rings. The second kappa shape index (κ2) is 5.69. The Morgan fingerprint density at radius 1 is 0.538 bits per heavy atom. The molecule has 2 aromatic carbocycles. The molecule has 0 amide bonds. The quantitative estimate of drug-likeness (QED) is 0.297. The van der Waals surface area contributed by atoms with Gasteiger partial charge >= 0.3 is 0 Å². The lowest BCUT2D eigenvalue weighted by Crippen LogP contribution is -1.67. The summed E-state index contributed by atoms with van der Waals surface area (Å²) in [6.45, 7) is 0. The summed E-state index contributed by atoms with van der Waals surface area (Å²) in [5, 5.41) is 4.71. The topological polar surface area (TPSA) is 25.8 Å². The zero-order chi connectivity index (χ0) is 17.1. The van der Waals surface area contributed by atoms with E-state index >= 15 is 0 Å². The monoisotopic (exact) mass is 406 g/mol. The van der Waals surface area contributed by atoms with E-state index in [2.05, 4.69) is 60.7 Å². The number of aromatic nitrogens is 2. The van der Waals surface area contributed by atoms with Crippen LogP contribution in [0.2, 0.25) is 0 Å². The number of benzene rings is 2. The first-order chi connectivity index (χ1) is 12.8. The van der Waals surface area contributed by atoms with Crippen molar-refractivity contribution in [2.75, 3.05) is 0 Å². The number of nitrogens with zero attached hydrogens (tertiary/aromatic N) is 2. The number of thiazole rings is 2. The number of fused-ring (bicyclic) bond motifs is 3. The molecule has 4 heterocycles. The Bertz CT molecular complexity index is 1200. The largest absolute Gasteiger partial charge is 0.222 e. The fourth-order valence-corrected chi connectivity index (χ4v) is 7.29. The Morgan fingerprint density at radius 2 is 1.00 bits per heavy atom. The minimum Gasteiger partial charge on any atom is -0.222 e. The minimum atomic E-state index is 1.04. The lowest BCUT2D eigenvalue weighted by atomic mass is 10.2. The molecular formula is C20H10N2S4. The first-order valence-electron chi connectivity index (χ1n) is 8.09. The van der Waals surface area contributed by atoms with Crippen molar-refractivity contribution >= 4 is 75.2 Å². The predicted molar refractivity (Wildman–Crippen MR) is 117 cm³/mol. The van der Waals surface area contributed by atoms with Gasteiger partial charge in [-0.1, -0.05) is 59.1 Å². The average Bonchev–Trinajstić information content (AvgIpc) is 3.40. The highest BCUT2D eigenvalue weighted by molar-refractivity contribution is 7.33. The van der Waals surface area contributed by atoms with Gasteiger partial charge < -0.3 is 0 Å². The molecule has 26 heavy (non-hydrogen) atoms. The van der Waals surface area contributed by atoms with Gasteiger partial charge in [-0.2, -0.15) is 0 Å². The summed E-state index contributed by atoms with van der Waals surface area (Å²) >= 11 is 6.98. The van der Waals surface area contributed by atoms with E-state index in [1.165, 1.54) is 29.9 Å². The molecule has 2 nitrogen and oxygen atoms in total. The minimum absolute atomic E-state index is 1.04. The molecule has 0 spiro atoms. The van der Waals surface area contributed by atoms with Gasteiger partial charge in [-0.05, 0) is 35.0 Å². The van der Waals surface area contributed by atoms with E-state index in [-0.39, 0.29) is 0 Å². The standard InChI is InChI=1S/C20H10N2S4/c1-3-7-13-11(5-1)9-15(23-13)17-21-19-20(25-17)22-18(26-19)16-10-12-6-2-4-8-14(12)24-16/h1-10H. The lowest BCUT2D eigenvalue weighted by molar-refractivity contribution is 1.51. The molecule has 4 aromatic heterocycles. The molecule has 0 aliphatic rings. The summed E-state index contributed by atoms with van der Waals surface area (Å²) < 4.78 is 2.61. The summed E-state index contributed by atoms with van der Waals surface area (Å²) in [7, 11) is 0. The smallest absolute Gasteiger partial charge is 0.155 e. The fraction of sp³-hybridized carbons (Fsp3) is 0. The van der Waals surface area contributed by atoms with Gasteiger partial charge in [0.15, 0.2) is 9.66 Å². The van der Waals surface area contributed by atoms with Crippen LogP contribution in [0.5, 0.6) is 0 Å². The number of rotatable bonds is 2. The molecular weight excluding hydrogens is 397 g/mol. The Kier molecular flexibility index (Phi) is 3.28. The molecule has 0 saturated heterocycles. The van der Waals surface area contributed by atoms with Crippen LogP contribution < -0.4 is 0 Å². The van der Waals surface area contributed by atoms with Crippen molar-refractivity contribution in [1.82, 2.24) is 9.97 Å². The molecule has 0 fully saturated rings. The Balaban J connectivity index is 1.44. The first kappa shape index (κ1) is 15.0. The van der Waals surface area contributed by atoms with Gasteiger partial charge in [0.2, 0.25) is 0 Å². The van der Waals surface area contributed by atoms with Crippen molar-refractivity contribution in [3.05, 3.63) is 60.7 Å². The third-order valence-electron chi connectivity index (χ3n) is 4.25. The van der Waals surface area contributed by atoms with Gasteiger partial charge in [0.1, 0.15) is 10.0 Å². The lowest BCUT2D eigenvalue weighted by Gasteiger charge is -1.88.